The molecule has 1 amide bonds. The first kappa shape index (κ1) is 14.2. The Balaban J connectivity index is 1.63. The lowest BCUT2D eigenvalue weighted by Gasteiger charge is -2.01. The van der Waals surface area contributed by atoms with Crippen molar-refractivity contribution >= 4 is 34.8 Å². The molecule has 3 aromatic rings. The summed E-state index contributed by atoms with van der Waals surface area (Å²) in [4.78, 5) is 11.9. The SMILES string of the molecule is O=C(Cn1nnc2ccccc21)N/N=C\c1cccc(Cl)c1. The number of benzene rings is 2. The molecule has 2 aromatic carbocycles. The molecule has 0 spiro atoms. The molecule has 0 saturated carbocycles. The van der Waals surface area contributed by atoms with Gasteiger partial charge >= 0.3 is 0 Å². The van der Waals surface area contributed by atoms with Crippen molar-refractivity contribution in [2.45, 2.75) is 6.54 Å². The maximum absolute atomic E-state index is 11.9. The summed E-state index contributed by atoms with van der Waals surface area (Å²) >= 11 is 5.87. The molecule has 1 aromatic heterocycles. The zero-order valence-electron chi connectivity index (χ0n) is 11.5. The fourth-order valence-electron chi connectivity index (χ4n) is 1.97. The minimum atomic E-state index is -0.283. The molecule has 7 heteroatoms. The first-order valence-electron chi connectivity index (χ1n) is 6.58. The number of nitrogens with zero attached hydrogens (tertiary/aromatic N) is 4. The van der Waals surface area contributed by atoms with Gasteiger partial charge in [-0.1, -0.05) is 41.1 Å². The molecular weight excluding hydrogens is 302 g/mol. The first-order chi connectivity index (χ1) is 10.7. The highest BCUT2D eigenvalue weighted by atomic mass is 35.5. The number of para-hydroxylation sites is 1. The number of hydrazone groups is 1. The van der Waals surface area contributed by atoms with Crippen molar-refractivity contribution in [1.82, 2.24) is 20.4 Å². The van der Waals surface area contributed by atoms with E-state index >= 15 is 0 Å². The molecule has 0 atom stereocenters. The molecule has 0 aliphatic rings. The minimum absolute atomic E-state index is 0.0490. The van der Waals surface area contributed by atoms with E-state index in [9.17, 15) is 4.79 Å². The Labute approximate surface area is 131 Å². The van der Waals surface area contributed by atoms with Crippen LogP contribution in [0.1, 0.15) is 5.56 Å². The third-order valence-corrected chi connectivity index (χ3v) is 3.20. The summed E-state index contributed by atoms with van der Waals surface area (Å²) in [6.07, 6.45) is 1.53. The fraction of sp³-hybridized carbons (Fsp3) is 0.0667. The van der Waals surface area contributed by atoms with E-state index in [1.165, 1.54) is 10.9 Å². The molecule has 22 heavy (non-hydrogen) atoms. The van der Waals surface area contributed by atoms with Gasteiger partial charge in [-0.15, -0.1) is 5.10 Å². The van der Waals surface area contributed by atoms with Gasteiger partial charge in [-0.2, -0.15) is 5.10 Å². The van der Waals surface area contributed by atoms with Crippen molar-refractivity contribution in [2.24, 2.45) is 5.10 Å². The molecule has 0 radical (unpaired) electrons. The smallest absolute Gasteiger partial charge is 0.261 e. The Morgan fingerprint density at radius 1 is 1.27 bits per heavy atom. The number of hydrogen-bond donors (Lipinski definition) is 1. The van der Waals surface area contributed by atoms with Gasteiger partial charge in [0.2, 0.25) is 0 Å². The van der Waals surface area contributed by atoms with Crippen LogP contribution in [-0.2, 0) is 11.3 Å². The quantitative estimate of drug-likeness (QED) is 0.593. The molecule has 0 aliphatic carbocycles. The molecule has 0 unspecified atom stereocenters. The molecular formula is C15H12ClN5O. The topological polar surface area (TPSA) is 72.2 Å². The summed E-state index contributed by atoms with van der Waals surface area (Å²) in [6, 6.07) is 14.6. The summed E-state index contributed by atoms with van der Waals surface area (Å²) in [5.41, 5.74) is 4.81. The summed E-state index contributed by atoms with van der Waals surface area (Å²) in [5, 5.41) is 12.5. The Hall–Kier alpha value is -2.73. The number of carbonyl (C=O) groups is 1. The lowest BCUT2D eigenvalue weighted by Crippen LogP contribution is -2.23. The zero-order valence-corrected chi connectivity index (χ0v) is 12.2. The monoisotopic (exact) mass is 313 g/mol. The summed E-state index contributed by atoms with van der Waals surface area (Å²) in [7, 11) is 0. The van der Waals surface area contributed by atoms with Crippen LogP contribution in [0.4, 0.5) is 0 Å². The van der Waals surface area contributed by atoms with Crippen LogP contribution >= 0.6 is 11.6 Å². The third kappa shape index (κ3) is 3.29. The Kier molecular flexibility index (Phi) is 4.11. The lowest BCUT2D eigenvalue weighted by atomic mass is 10.2. The Bertz CT molecular complexity index is 843. The number of amides is 1. The maximum atomic E-state index is 11.9. The highest BCUT2D eigenvalue weighted by Gasteiger charge is 2.07. The van der Waals surface area contributed by atoms with E-state index in [2.05, 4.69) is 20.8 Å². The number of aromatic nitrogens is 3. The summed E-state index contributed by atoms with van der Waals surface area (Å²) in [6.45, 7) is 0.0490. The minimum Gasteiger partial charge on any atom is -0.271 e. The number of hydrogen-bond acceptors (Lipinski definition) is 4. The summed E-state index contributed by atoms with van der Waals surface area (Å²) < 4.78 is 1.53. The van der Waals surface area contributed by atoms with Crippen LogP contribution < -0.4 is 5.43 Å². The van der Waals surface area contributed by atoms with E-state index in [-0.39, 0.29) is 12.5 Å². The van der Waals surface area contributed by atoms with Crippen LogP contribution in [0.2, 0.25) is 5.02 Å². The van der Waals surface area contributed by atoms with Gasteiger partial charge in [0.15, 0.2) is 0 Å². The van der Waals surface area contributed by atoms with Gasteiger partial charge in [-0.25, -0.2) is 10.1 Å². The van der Waals surface area contributed by atoms with E-state index in [4.69, 9.17) is 11.6 Å². The lowest BCUT2D eigenvalue weighted by molar-refractivity contribution is -0.121. The van der Waals surface area contributed by atoms with Gasteiger partial charge in [-0.3, -0.25) is 4.79 Å². The number of fused-ring (bicyclic) bond motifs is 1. The Morgan fingerprint density at radius 3 is 3.00 bits per heavy atom. The van der Waals surface area contributed by atoms with Crippen LogP contribution in [-0.4, -0.2) is 27.1 Å². The maximum Gasteiger partial charge on any atom is 0.261 e. The predicted molar refractivity (Wildman–Crippen MR) is 84.7 cm³/mol. The molecule has 0 fully saturated rings. The first-order valence-corrected chi connectivity index (χ1v) is 6.96. The molecule has 3 rings (SSSR count). The van der Waals surface area contributed by atoms with Gasteiger partial charge in [-0.05, 0) is 29.8 Å². The average molecular weight is 314 g/mol. The summed E-state index contributed by atoms with van der Waals surface area (Å²) in [5.74, 6) is -0.283. The number of nitrogens with one attached hydrogen (secondary N) is 1. The van der Waals surface area contributed by atoms with Gasteiger partial charge in [0.1, 0.15) is 12.1 Å². The van der Waals surface area contributed by atoms with Crippen LogP contribution in [0.25, 0.3) is 11.0 Å². The van der Waals surface area contributed by atoms with Crippen molar-refractivity contribution in [1.29, 1.82) is 0 Å². The van der Waals surface area contributed by atoms with Crippen molar-refractivity contribution in [2.75, 3.05) is 0 Å². The van der Waals surface area contributed by atoms with Gasteiger partial charge < -0.3 is 0 Å². The number of halogens is 1. The largest absolute Gasteiger partial charge is 0.271 e. The standard InChI is InChI=1S/C15H12ClN5O/c16-12-5-3-4-11(8-12)9-17-19-15(22)10-21-14-7-2-1-6-13(14)18-20-21/h1-9H,10H2,(H,19,22)/b17-9-. The van der Waals surface area contributed by atoms with E-state index in [1.807, 2.05) is 36.4 Å². The second-order valence-electron chi connectivity index (χ2n) is 4.58. The van der Waals surface area contributed by atoms with Crippen LogP contribution in [0, 0.1) is 0 Å². The average Bonchev–Trinajstić information content (AvgIpc) is 2.91. The van der Waals surface area contributed by atoms with Crippen molar-refractivity contribution in [3.05, 3.63) is 59.1 Å². The molecule has 0 saturated heterocycles. The van der Waals surface area contributed by atoms with Crippen molar-refractivity contribution in [3.63, 3.8) is 0 Å². The second kappa shape index (κ2) is 6.36. The normalized spacial score (nSPS) is 11.1. The molecule has 0 aliphatic heterocycles. The highest BCUT2D eigenvalue weighted by Crippen LogP contribution is 2.09. The molecule has 0 bridgehead atoms. The number of carbonyl (C=O) groups excluding carboxylic acids is 1. The van der Waals surface area contributed by atoms with E-state index in [0.717, 1.165) is 16.6 Å². The van der Waals surface area contributed by atoms with E-state index < -0.39 is 0 Å². The molecule has 6 nitrogen and oxygen atoms in total. The van der Waals surface area contributed by atoms with Gasteiger partial charge in [0.05, 0.1) is 11.7 Å². The van der Waals surface area contributed by atoms with Crippen LogP contribution in [0.3, 0.4) is 0 Å². The van der Waals surface area contributed by atoms with Crippen LogP contribution in [0.15, 0.2) is 53.6 Å². The van der Waals surface area contributed by atoms with Crippen LogP contribution in [0.5, 0.6) is 0 Å². The third-order valence-electron chi connectivity index (χ3n) is 2.97. The number of rotatable bonds is 4. The predicted octanol–water partition coefficient (Wildman–Crippen LogP) is 2.24. The fourth-order valence-corrected chi connectivity index (χ4v) is 2.17. The van der Waals surface area contributed by atoms with Crippen molar-refractivity contribution < 1.29 is 4.79 Å². The van der Waals surface area contributed by atoms with Crippen molar-refractivity contribution in [3.8, 4) is 0 Å². The molecule has 110 valence electrons. The zero-order chi connectivity index (χ0) is 15.4. The second-order valence-corrected chi connectivity index (χ2v) is 5.02. The van der Waals surface area contributed by atoms with Gasteiger partial charge in [0.25, 0.3) is 5.91 Å². The van der Waals surface area contributed by atoms with Gasteiger partial charge in [0, 0.05) is 5.02 Å². The van der Waals surface area contributed by atoms with E-state index in [0.29, 0.717) is 5.02 Å². The molecule has 1 N–H and O–H groups in total. The van der Waals surface area contributed by atoms with E-state index in [1.54, 1.807) is 12.1 Å². The highest BCUT2D eigenvalue weighted by molar-refractivity contribution is 6.30. The molecule has 1 heterocycles. The Morgan fingerprint density at radius 2 is 2.14 bits per heavy atom.